The van der Waals surface area contributed by atoms with Gasteiger partial charge in [-0.1, -0.05) is 19.3 Å². The Morgan fingerprint density at radius 3 is 2.50 bits per heavy atom. The molecule has 20 heavy (non-hydrogen) atoms. The quantitative estimate of drug-likeness (QED) is 0.801. The minimum absolute atomic E-state index is 0.236. The fraction of sp³-hybridized carbons (Fsp3) is 1.00. The maximum Gasteiger partial charge on any atom is 0.211 e. The van der Waals surface area contributed by atoms with Gasteiger partial charge >= 0.3 is 0 Å². The molecule has 0 bridgehead atoms. The summed E-state index contributed by atoms with van der Waals surface area (Å²) in [6.45, 7) is 5.87. The molecule has 2 aliphatic rings. The van der Waals surface area contributed by atoms with Crippen LogP contribution in [0.5, 0.6) is 0 Å². The molecule has 118 valence electrons. The zero-order valence-corrected chi connectivity index (χ0v) is 13.3. The van der Waals surface area contributed by atoms with E-state index in [2.05, 4.69) is 16.5 Å². The number of rotatable bonds is 6. The van der Waals surface area contributed by atoms with Crippen molar-refractivity contribution in [1.29, 1.82) is 0 Å². The second-order valence-corrected chi connectivity index (χ2v) is 7.98. The topological polar surface area (TPSA) is 58.6 Å². The number of ether oxygens (including phenoxy) is 1. The van der Waals surface area contributed by atoms with Gasteiger partial charge in [0.2, 0.25) is 10.0 Å². The second kappa shape index (κ2) is 7.73. The lowest BCUT2D eigenvalue weighted by Gasteiger charge is -2.32. The van der Waals surface area contributed by atoms with E-state index >= 15 is 0 Å². The number of nitrogens with zero attached hydrogens (tertiary/aromatic N) is 1. The molecule has 0 spiro atoms. The van der Waals surface area contributed by atoms with Crippen LogP contribution in [0, 0.1) is 5.92 Å². The van der Waals surface area contributed by atoms with Crippen LogP contribution in [0.1, 0.15) is 39.0 Å². The molecule has 6 heteroatoms. The highest BCUT2D eigenvalue weighted by atomic mass is 32.2. The highest BCUT2D eigenvalue weighted by Gasteiger charge is 2.23. The fourth-order valence-corrected chi connectivity index (χ4v) is 4.68. The minimum Gasteiger partial charge on any atom is -0.379 e. The van der Waals surface area contributed by atoms with E-state index in [0.717, 1.165) is 39.1 Å². The van der Waals surface area contributed by atoms with Gasteiger partial charge in [0.15, 0.2) is 0 Å². The van der Waals surface area contributed by atoms with Crippen molar-refractivity contribution in [3.8, 4) is 0 Å². The van der Waals surface area contributed by atoms with E-state index in [9.17, 15) is 8.42 Å². The normalized spacial score (nSPS) is 24.6. The monoisotopic (exact) mass is 304 g/mol. The van der Waals surface area contributed by atoms with Gasteiger partial charge in [-0.15, -0.1) is 0 Å². The molecule has 2 fully saturated rings. The average molecular weight is 304 g/mol. The summed E-state index contributed by atoms with van der Waals surface area (Å²) in [6, 6.07) is 0.236. The van der Waals surface area contributed by atoms with Gasteiger partial charge in [-0.25, -0.2) is 13.1 Å². The van der Waals surface area contributed by atoms with Gasteiger partial charge in [0.1, 0.15) is 0 Å². The molecule has 0 aromatic rings. The van der Waals surface area contributed by atoms with Crippen molar-refractivity contribution < 1.29 is 13.2 Å². The van der Waals surface area contributed by atoms with Gasteiger partial charge in [-0.3, -0.25) is 4.90 Å². The van der Waals surface area contributed by atoms with E-state index in [1.165, 1.54) is 19.3 Å². The molecule has 0 aromatic heterocycles. The Bertz CT molecular complexity index is 374. The molecule has 1 aliphatic carbocycles. The summed E-state index contributed by atoms with van der Waals surface area (Å²) in [5.74, 6) is 0.669. The Hall–Kier alpha value is -0.170. The van der Waals surface area contributed by atoms with Gasteiger partial charge in [0, 0.05) is 25.7 Å². The number of hydrogen-bond donors (Lipinski definition) is 1. The first-order valence-corrected chi connectivity index (χ1v) is 9.51. The summed E-state index contributed by atoms with van der Waals surface area (Å²) in [6.07, 6.45) is 5.77. The van der Waals surface area contributed by atoms with Crippen LogP contribution in [0.4, 0.5) is 0 Å². The zero-order chi connectivity index (χ0) is 14.4. The molecule has 1 atom stereocenters. The molecule has 0 radical (unpaired) electrons. The summed E-state index contributed by atoms with van der Waals surface area (Å²) < 4.78 is 32.4. The highest BCUT2D eigenvalue weighted by molar-refractivity contribution is 7.89. The van der Waals surface area contributed by atoms with Gasteiger partial charge in [-0.05, 0) is 25.7 Å². The van der Waals surface area contributed by atoms with E-state index in [4.69, 9.17) is 4.74 Å². The standard InChI is InChI=1S/C14H28N2O3S/c1-13(16-7-9-19-10-8-16)11-15-20(17,18)12-14-5-3-2-4-6-14/h13-15H,2-12H2,1H3. The summed E-state index contributed by atoms with van der Waals surface area (Å²) >= 11 is 0. The Morgan fingerprint density at radius 1 is 1.20 bits per heavy atom. The van der Waals surface area contributed by atoms with Crippen LogP contribution < -0.4 is 4.72 Å². The third-order valence-corrected chi connectivity index (χ3v) is 5.96. The van der Waals surface area contributed by atoms with Crippen LogP contribution in [0.15, 0.2) is 0 Å². The van der Waals surface area contributed by atoms with Crippen molar-refractivity contribution in [2.45, 2.75) is 45.1 Å². The Morgan fingerprint density at radius 2 is 1.85 bits per heavy atom. The van der Waals surface area contributed by atoms with Gasteiger partial charge in [0.05, 0.1) is 19.0 Å². The van der Waals surface area contributed by atoms with Crippen molar-refractivity contribution in [3.63, 3.8) is 0 Å². The number of morpholine rings is 1. The molecule has 1 N–H and O–H groups in total. The van der Waals surface area contributed by atoms with Crippen molar-refractivity contribution in [1.82, 2.24) is 9.62 Å². The van der Waals surface area contributed by atoms with E-state index < -0.39 is 10.0 Å². The van der Waals surface area contributed by atoms with Gasteiger partial charge in [0.25, 0.3) is 0 Å². The molecular formula is C14H28N2O3S. The third kappa shape index (κ3) is 5.31. The van der Waals surface area contributed by atoms with Crippen LogP contribution in [0.25, 0.3) is 0 Å². The third-order valence-electron chi connectivity index (χ3n) is 4.45. The summed E-state index contributed by atoms with van der Waals surface area (Å²) in [7, 11) is -3.12. The lowest BCUT2D eigenvalue weighted by Crippen LogP contribution is -2.47. The maximum atomic E-state index is 12.1. The molecule has 0 aromatic carbocycles. The number of nitrogens with one attached hydrogen (secondary N) is 1. The molecule has 1 heterocycles. The summed E-state index contributed by atoms with van der Waals surface area (Å²) in [4.78, 5) is 2.28. The SMILES string of the molecule is CC(CNS(=O)(=O)CC1CCCCC1)N1CCOCC1. The van der Waals surface area contributed by atoms with Crippen molar-refractivity contribution in [2.75, 3.05) is 38.6 Å². The zero-order valence-electron chi connectivity index (χ0n) is 12.5. The molecule has 1 saturated carbocycles. The first kappa shape index (κ1) is 16.2. The predicted molar refractivity (Wildman–Crippen MR) is 80.2 cm³/mol. The molecule has 1 aliphatic heterocycles. The van der Waals surface area contributed by atoms with Crippen molar-refractivity contribution in [3.05, 3.63) is 0 Å². The van der Waals surface area contributed by atoms with E-state index in [0.29, 0.717) is 18.2 Å². The Balaban J connectivity index is 1.73. The fourth-order valence-electron chi connectivity index (χ4n) is 3.12. The Labute approximate surface area is 123 Å². The molecule has 1 saturated heterocycles. The number of hydrogen-bond acceptors (Lipinski definition) is 4. The van der Waals surface area contributed by atoms with Crippen LogP contribution in [0.2, 0.25) is 0 Å². The van der Waals surface area contributed by atoms with Crippen LogP contribution >= 0.6 is 0 Å². The van der Waals surface area contributed by atoms with E-state index in [1.54, 1.807) is 0 Å². The van der Waals surface area contributed by atoms with Gasteiger partial charge < -0.3 is 4.74 Å². The average Bonchev–Trinajstić information content (AvgIpc) is 2.46. The predicted octanol–water partition coefficient (Wildman–Crippen LogP) is 1.21. The van der Waals surface area contributed by atoms with Crippen molar-refractivity contribution in [2.24, 2.45) is 5.92 Å². The maximum absolute atomic E-state index is 12.1. The smallest absolute Gasteiger partial charge is 0.211 e. The van der Waals surface area contributed by atoms with Gasteiger partial charge in [-0.2, -0.15) is 0 Å². The lowest BCUT2D eigenvalue weighted by molar-refractivity contribution is 0.0213. The van der Waals surface area contributed by atoms with Crippen LogP contribution in [-0.2, 0) is 14.8 Å². The number of sulfonamides is 1. The van der Waals surface area contributed by atoms with Crippen LogP contribution in [0.3, 0.4) is 0 Å². The molecular weight excluding hydrogens is 276 g/mol. The molecule has 2 rings (SSSR count). The molecule has 5 nitrogen and oxygen atoms in total. The first-order valence-electron chi connectivity index (χ1n) is 7.86. The second-order valence-electron chi connectivity index (χ2n) is 6.13. The molecule has 0 amide bonds. The first-order chi connectivity index (χ1) is 9.57. The van der Waals surface area contributed by atoms with Crippen molar-refractivity contribution >= 4 is 10.0 Å². The molecule has 1 unspecified atom stereocenters. The lowest BCUT2D eigenvalue weighted by atomic mass is 9.91. The van der Waals surface area contributed by atoms with E-state index in [-0.39, 0.29) is 6.04 Å². The van der Waals surface area contributed by atoms with E-state index in [1.807, 2.05) is 0 Å². The largest absolute Gasteiger partial charge is 0.379 e. The highest BCUT2D eigenvalue weighted by Crippen LogP contribution is 2.24. The summed E-state index contributed by atoms with van der Waals surface area (Å²) in [5, 5.41) is 0. The minimum atomic E-state index is -3.12. The summed E-state index contributed by atoms with van der Waals surface area (Å²) in [5.41, 5.74) is 0. The van der Waals surface area contributed by atoms with Crippen LogP contribution in [-0.4, -0.2) is 58.0 Å². The Kier molecular flexibility index (Phi) is 6.26.